The van der Waals surface area contributed by atoms with Gasteiger partial charge in [-0.3, -0.25) is 4.79 Å². The zero-order valence-electron chi connectivity index (χ0n) is 10.2. The number of hydrogen-bond acceptors (Lipinski definition) is 3. The lowest BCUT2D eigenvalue weighted by molar-refractivity contribution is -0.145. The van der Waals surface area contributed by atoms with Crippen LogP contribution >= 0.6 is 0 Å². The lowest BCUT2D eigenvalue weighted by Crippen LogP contribution is -2.03. The molecule has 90 valence electrons. The van der Waals surface area contributed by atoms with Crippen molar-refractivity contribution in [1.82, 2.24) is 0 Å². The van der Waals surface area contributed by atoms with Crippen molar-refractivity contribution in [3.05, 3.63) is 35.6 Å². The summed E-state index contributed by atoms with van der Waals surface area (Å²) < 4.78 is 10.8. The maximum atomic E-state index is 11.3. The molecule has 1 aromatic heterocycles. The molecule has 17 heavy (non-hydrogen) atoms. The van der Waals surface area contributed by atoms with Crippen LogP contribution in [0.4, 0.5) is 0 Å². The maximum absolute atomic E-state index is 11.3. The maximum Gasteiger partial charge on any atom is 0.306 e. The van der Waals surface area contributed by atoms with Gasteiger partial charge >= 0.3 is 5.97 Å². The second-order valence-corrected chi connectivity index (χ2v) is 4.06. The van der Waals surface area contributed by atoms with E-state index in [1.165, 1.54) is 0 Å². The van der Waals surface area contributed by atoms with Gasteiger partial charge in [0.2, 0.25) is 0 Å². The number of rotatable bonds is 4. The van der Waals surface area contributed by atoms with Crippen LogP contribution in [0.25, 0.3) is 11.0 Å². The summed E-state index contributed by atoms with van der Waals surface area (Å²) in [5.74, 6) is 0.558. The zero-order valence-corrected chi connectivity index (χ0v) is 10.2. The van der Waals surface area contributed by atoms with Gasteiger partial charge in [-0.25, -0.2) is 0 Å². The highest BCUT2D eigenvalue weighted by Gasteiger charge is 2.11. The molecule has 0 saturated heterocycles. The summed E-state index contributed by atoms with van der Waals surface area (Å²) in [5.41, 5.74) is 1.89. The van der Waals surface area contributed by atoms with Crippen LogP contribution in [0.5, 0.6) is 0 Å². The Labute approximate surface area is 100 Å². The first-order valence-corrected chi connectivity index (χ1v) is 5.85. The third-order valence-corrected chi connectivity index (χ3v) is 2.76. The van der Waals surface area contributed by atoms with E-state index in [0.29, 0.717) is 6.42 Å². The van der Waals surface area contributed by atoms with Crippen LogP contribution in [0.15, 0.2) is 28.7 Å². The summed E-state index contributed by atoms with van der Waals surface area (Å²) in [6.07, 6.45) is 1.26. The molecule has 0 aliphatic carbocycles. The van der Waals surface area contributed by atoms with E-state index in [1.54, 1.807) is 0 Å². The van der Waals surface area contributed by atoms with Gasteiger partial charge in [0.1, 0.15) is 18.0 Å². The van der Waals surface area contributed by atoms with Crippen LogP contribution in [-0.4, -0.2) is 5.97 Å². The molecule has 0 saturated carbocycles. The van der Waals surface area contributed by atoms with Crippen molar-refractivity contribution in [1.29, 1.82) is 0 Å². The average molecular weight is 232 g/mol. The molecular weight excluding hydrogens is 216 g/mol. The number of esters is 1. The van der Waals surface area contributed by atoms with Crippen molar-refractivity contribution in [2.45, 2.75) is 33.3 Å². The Balaban J connectivity index is 2.14. The molecule has 0 fully saturated rings. The summed E-state index contributed by atoms with van der Waals surface area (Å²) in [7, 11) is 0. The minimum absolute atomic E-state index is 0.174. The van der Waals surface area contributed by atoms with E-state index in [1.807, 2.05) is 38.1 Å². The quantitative estimate of drug-likeness (QED) is 0.756. The lowest BCUT2D eigenvalue weighted by Gasteiger charge is -2.01. The van der Waals surface area contributed by atoms with Crippen LogP contribution in [0.2, 0.25) is 0 Å². The number of para-hydroxylation sites is 1. The largest absolute Gasteiger partial charge is 0.457 e. The lowest BCUT2D eigenvalue weighted by atomic mass is 10.1. The van der Waals surface area contributed by atoms with Crippen molar-refractivity contribution in [2.75, 3.05) is 0 Å². The van der Waals surface area contributed by atoms with E-state index in [9.17, 15) is 4.79 Å². The summed E-state index contributed by atoms with van der Waals surface area (Å²) in [5, 5.41) is 1.08. The van der Waals surface area contributed by atoms with Crippen molar-refractivity contribution < 1.29 is 13.9 Å². The Morgan fingerprint density at radius 3 is 2.82 bits per heavy atom. The summed E-state index contributed by atoms with van der Waals surface area (Å²) in [6, 6.07) is 7.82. The van der Waals surface area contributed by atoms with Gasteiger partial charge in [0.15, 0.2) is 0 Å². The second-order valence-electron chi connectivity index (χ2n) is 4.06. The number of carbonyl (C=O) groups excluding carboxylic acids is 1. The number of benzene rings is 1. The second kappa shape index (κ2) is 5.04. The van der Waals surface area contributed by atoms with Gasteiger partial charge in [0, 0.05) is 17.4 Å². The smallest absolute Gasteiger partial charge is 0.306 e. The van der Waals surface area contributed by atoms with E-state index in [-0.39, 0.29) is 12.6 Å². The summed E-state index contributed by atoms with van der Waals surface area (Å²) in [4.78, 5) is 11.3. The predicted octanol–water partition coefficient (Wildman–Crippen LogP) is 3.58. The van der Waals surface area contributed by atoms with Gasteiger partial charge in [-0.2, -0.15) is 0 Å². The molecule has 0 unspecified atom stereocenters. The van der Waals surface area contributed by atoms with Crippen LogP contribution in [-0.2, 0) is 16.1 Å². The Bertz CT molecular complexity index is 525. The third-order valence-electron chi connectivity index (χ3n) is 2.76. The molecule has 3 nitrogen and oxygen atoms in total. The first-order chi connectivity index (χ1) is 8.22. The monoisotopic (exact) mass is 232 g/mol. The van der Waals surface area contributed by atoms with Crippen LogP contribution < -0.4 is 0 Å². The Hall–Kier alpha value is -1.77. The third kappa shape index (κ3) is 2.49. The summed E-state index contributed by atoms with van der Waals surface area (Å²) >= 11 is 0. The zero-order chi connectivity index (χ0) is 12.3. The number of carbonyl (C=O) groups is 1. The van der Waals surface area contributed by atoms with Crippen molar-refractivity contribution in [2.24, 2.45) is 0 Å². The molecule has 0 aliphatic heterocycles. The minimum atomic E-state index is -0.174. The molecule has 0 N–H and O–H groups in total. The van der Waals surface area contributed by atoms with Crippen LogP contribution in [0, 0.1) is 6.92 Å². The first kappa shape index (κ1) is 11.7. The molecule has 2 rings (SSSR count). The Morgan fingerprint density at radius 1 is 1.35 bits per heavy atom. The molecule has 0 spiro atoms. The molecule has 2 aromatic rings. The fourth-order valence-corrected chi connectivity index (χ4v) is 1.78. The number of furan rings is 1. The average Bonchev–Trinajstić information content (AvgIpc) is 2.65. The number of fused-ring (bicyclic) bond motifs is 1. The van der Waals surface area contributed by atoms with Crippen molar-refractivity contribution in [3.8, 4) is 0 Å². The predicted molar refractivity (Wildman–Crippen MR) is 65.7 cm³/mol. The fourth-order valence-electron chi connectivity index (χ4n) is 1.78. The topological polar surface area (TPSA) is 39.4 Å². The highest BCUT2D eigenvalue weighted by molar-refractivity contribution is 5.81. The number of hydrogen-bond donors (Lipinski definition) is 0. The van der Waals surface area contributed by atoms with Gasteiger partial charge in [-0.15, -0.1) is 0 Å². The normalized spacial score (nSPS) is 10.7. The SMILES string of the molecule is CCCC(=O)OCc1oc2ccccc2c1C. The molecule has 0 bridgehead atoms. The standard InChI is InChI=1S/C14H16O3/c1-3-6-14(15)16-9-13-10(2)11-7-4-5-8-12(11)17-13/h4-5,7-8H,3,6,9H2,1-2H3. The first-order valence-electron chi connectivity index (χ1n) is 5.85. The van der Waals surface area contributed by atoms with Crippen LogP contribution in [0.3, 0.4) is 0 Å². The molecule has 0 radical (unpaired) electrons. The molecule has 0 atom stereocenters. The van der Waals surface area contributed by atoms with Crippen molar-refractivity contribution >= 4 is 16.9 Å². The summed E-state index contributed by atoms with van der Waals surface area (Å²) in [6.45, 7) is 4.15. The fraction of sp³-hybridized carbons (Fsp3) is 0.357. The molecule has 1 heterocycles. The molecule has 3 heteroatoms. The molecule has 0 aliphatic rings. The minimum Gasteiger partial charge on any atom is -0.457 e. The molecule has 1 aromatic carbocycles. The van der Waals surface area contributed by atoms with Crippen LogP contribution in [0.1, 0.15) is 31.1 Å². The molecule has 0 amide bonds. The van der Waals surface area contributed by atoms with Gasteiger partial charge in [-0.05, 0) is 19.4 Å². The van der Waals surface area contributed by atoms with Gasteiger partial charge in [0.25, 0.3) is 0 Å². The Kier molecular flexibility index (Phi) is 3.47. The van der Waals surface area contributed by atoms with E-state index in [0.717, 1.165) is 28.7 Å². The van der Waals surface area contributed by atoms with E-state index < -0.39 is 0 Å². The number of aryl methyl sites for hydroxylation is 1. The van der Waals surface area contributed by atoms with E-state index in [2.05, 4.69) is 0 Å². The van der Waals surface area contributed by atoms with Crippen molar-refractivity contribution in [3.63, 3.8) is 0 Å². The van der Waals surface area contributed by atoms with Gasteiger partial charge in [-0.1, -0.05) is 25.1 Å². The highest BCUT2D eigenvalue weighted by Crippen LogP contribution is 2.25. The van der Waals surface area contributed by atoms with Gasteiger partial charge < -0.3 is 9.15 Å². The van der Waals surface area contributed by atoms with E-state index in [4.69, 9.17) is 9.15 Å². The highest BCUT2D eigenvalue weighted by atomic mass is 16.5. The van der Waals surface area contributed by atoms with E-state index >= 15 is 0 Å². The molecular formula is C14H16O3. The Morgan fingerprint density at radius 2 is 2.12 bits per heavy atom. The number of ether oxygens (including phenoxy) is 1. The van der Waals surface area contributed by atoms with Gasteiger partial charge in [0.05, 0.1) is 0 Å².